The highest BCUT2D eigenvalue weighted by Gasteiger charge is 2.30. The van der Waals surface area contributed by atoms with Crippen LogP contribution in [0.4, 0.5) is 15.8 Å². The van der Waals surface area contributed by atoms with Gasteiger partial charge in [0.2, 0.25) is 5.91 Å². The van der Waals surface area contributed by atoms with Crippen LogP contribution in [0.5, 0.6) is 5.75 Å². The largest absolute Gasteiger partial charge is 0.494 e. The number of nitrogens with one attached hydrogen (secondary N) is 1. The van der Waals surface area contributed by atoms with Gasteiger partial charge in [-0.2, -0.15) is 0 Å². The highest BCUT2D eigenvalue weighted by Crippen LogP contribution is 2.32. The predicted molar refractivity (Wildman–Crippen MR) is 107 cm³/mol. The second-order valence-electron chi connectivity index (χ2n) is 6.37. The lowest BCUT2D eigenvalue weighted by Crippen LogP contribution is -2.43. The standard InChI is InChI=1S/C19H19BrFN3O5/c1-11(2)22-18(25)10-23(15-7-5-13(20)9-16(15)24(27)28)19(26)12-4-6-14(21)17(8-12)29-3/h4-9,11H,10H2,1-3H3,(H-,22,25,27,28)/p+1. The van der Waals surface area contributed by atoms with E-state index in [0.717, 1.165) is 11.0 Å². The van der Waals surface area contributed by atoms with Crippen molar-refractivity contribution in [3.05, 3.63) is 57.2 Å². The van der Waals surface area contributed by atoms with Crippen LogP contribution < -0.4 is 15.0 Å². The second-order valence-corrected chi connectivity index (χ2v) is 7.28. The highest BCUT2D eigenvalue weighted by molar-refractivity contribution is 9.10. The SMILES string of the molecule is COc1cc(C(=O)N(CC(=O)NC(C)C)c2ccc(Br)cc2[N+](=O)O)ccc1F. The lowest BCUT2D eigenvalue weighted by atomic mass is 10.1. The number of halogens is 2. The summed E-state index contributed by atoms with van der Waals surface area (Å²) >= 11 is 3.19. The van der Waals surface area contributed by atoms with E-state index in [0.29, 0.717) is 4.47 Å². The Balaban J connectivity index is 2.55. The lowest BCUT2D eigenvalue weighted by molar-refractivity contribution is -0.729. The van der Waals surface area contributed by atoms with Crippen molar-refractivity contribution in [3.8, 4) is 5.75 Å². The second kappa shape index (κ2) is 9.46. The van der Waals surface area contributed by atoms with E-state index in [2.05, 4.69) is 21.2 Å². The molecular formula is C19H20BrFN3O5+. The molecule has 8 nitrogen and oxygen atoms in total. The molecule has 0 aliphatic heterocycles. The van der Waals surface area contributed by atoms with E-state index in [4.69, 9.17) is 4.74 Å². The Labute approximate surface area is 174 Å². The smallest absolute Gasteiger partial charge is 0.341 e. The first kappa shape index (κ1) is 22.3. The Morgan fingerprint density at radius 2 is 1.97 bits per heavy atom. The third kappa shape index (κ3) is 5.50. The molecular weight excluding hydrogens is 449 g/mol. The zero-order valence-electron chi connectivity index (χ0n) is 16.0. The Hall–Kier alpha value is -3.01. The van der Waals surface area contributed by atoms with Crippen molar-refractivity contribution in [2.24, 2.45) is 0 Å². The van der Waals surface area contributed by atoms with Crippen molar-refractivity contribution >= 4 is 39.1 Å². The van der Waals surface area contributed by atoms with Crippen LogP contribution in [0.25, 0.3) is 0 Å². The van der Waals surface area contributed by atoms with Crippen molar-refractivity contribution in [3.63, 3.8) is 0 Å². The molecule has 2 N–H and O–H groups in total. The monoisotopic (exact) mass is 468 g/mol. The lowest BCUT2D eigenvalue weighted by Gasteiger charge is -2.22. The van der Waals surface area contributed by atoms with Crippen LogP contribution in [0.3, 0.4) is 0 Å². The van der Waals surface area contributed by atoms with Crippen LogP contribution in [0, 0.1) is 10.7 Å². The number of hydrogen-bond acceptors (Lipinski definition) is 4. The summed E-state index contributed by atoms with van der Waals surface area (Å²) in [7, 11) is 1.26. The van der Waals surface area contributed by atoms with Gasteiger partial charge in [0.1, 0.15) is 12.2 Å². The van der Waals surface area contributed by atoms with E-state index in [1.54, 1.807) is 19.9 Å². The quantitative estimate of drug-likeness (QED) is 0.605. The molecule has 29 heavy (non-hydrogen) atoms. The number of nitrogens with zero attached hydrogens (tertiary/aromatic N) is 2. The van der Waals surface area contributed by atoms with E-state index < -0.39 is 29.1 Å². The molecule has 0 atom stereocenters. The third-order valence-corrected chi connectivity index (χ3v) is 4.32. The number of carbonyl (C=O) groups excluding carboxylic acids is 2. The number of rotatable bonds is 7. The van der Waals surface area contributed by atoms with Crippen LogP contribution in [0.15, 0.2) is 40.9 Å². The summed E-state index contributed by atoms with van der Waals surface area (Å²) in [6.45, 7) is 3.08. The highest BCUT2D eigenvalue weighted by atomic mass is 79.9. The van der Waals surface area contributed by atoms with E-state index >= 15 is 0 Å². The molecule has 0 fully saturated rings. The molecule has 10 heteroatoms. The molecule has 0 saturated heterocycles. The number of methoxy groups -OCH3 is 1. The zero-order chi connectivity index (χ0) is 21.7. The minimum absolute atomic E-state index is 0.00195. The maximum Gasteiger partial charge on any atom is 0.341 e. The normalized spacial score (nSPS) is 10.6. The van der Waals surface area contributed by atoms with E-state index in [9.17, 15) is 24.1 Å². The van der Waals surface area contributed by atoms with Crippen molar-refractivity contribution in [2.75, 3.05) is 18.6 Å². The summed E-state index contributed by atoms with van der Waals surface area (Å²) in [5, 5.41) is 12.1. The molecule has 0 bridgehead atoms. The van der Waals surface area contributed by atoms with Gasteiger partial charge in [-0.25, -0.2) is 9.60 Å². The van der Waals surface area contributed by atoms with Crippen molar-refractivity contribution in [1.29, 1.82) is 0 Å². The Morgan fingerprint density at radius 1 is 1.28 bits per heavy atom. The molecule has 0 unspecified atom stereocenters. The molecule has 0 heterocycles. The fourth-order valence-corrected chi connectivity index (χ4v) is 2.95. The number of hydrogen-bond donors (Lipinski definition) is 2. The number of carbonyl (C=O) groups is 2. The van der Waals surface area contributed by atoms with E-state index in [1.165, 1.54) is 31.4 Å². The molecule has 2 aromatic carbocycles. The maximum atomic E-state index is 13.7. The van der Waals surface area contributed by atoms with Crippen molar-refractivity contribution in [1.82, 2.24) is 5.32 Å². The molecule has 0 radical (unpaired) electrons. The summed E-state index contributed by atoms with van der Waals surface area (Å²) in [4.78, 5) is 37.8. The van der Waals surface area contributed by atoms with Crippen LogP contribution >= 0.6 is 15.9 Å². The number of benzene rings is 2. The summed E-state index contributed by atoms with van der Waals surface area (Å²) in [5.74, 6) is -1.97. The van der Waals surface area contributed by atoms with Gasteiger partial charge in [0, 0.05) is 22.1 Å². The van der Waals surface area contributed by atoms with Gasteiger partial charge in [0.05, 0.1) is 12.0 Å². The van der Waals surface area contributed by atoms with Gasteiger partial charge in [-0.05, 0) is 44.2 Å². The fourth-order valence-electron chi connectivity index (χ4n) is 2.60. The first-order valence-corrected chi connectivity index (χ1v) is 9.33. The molecule has 0 spiro atoms. The van der Waals surface area contributed by atoms with Gasteiger partial charge in [-0.1, -0.05) is 15.9 Å². The fraction of sp³-hybridized carbons (Fsp3) is 0.263. The Morgan fingerprint density at radius 3 is 2.55 bits per heavy atom. The van der Waals surface area contributed by atoms with Crippen LogP contribution in [0.2, 0.25) is 0 Å². The molecule has 0 saturated carbocycles. The average molecular weight is 469 g/mol. The van der Waals surface area contributed by atoms with Crippen LogP contribution in [-0.4, -0.2) is 41.6 Å². The summed E-state index contributed by atoms with van der Waals surface area (Å²) in [5.41, 5.74) is -0.220. The van der Waals surface area contributed by atoms with Gasteiger partial charge in [-0.15, -0.1) is 0 Å². The number of ether oxygens (including phenoxy) is 1. The van der Waals surface area contributed by atoms with Crippen LogP contribution in [0.1, 0.15) is 24.2 Å². The number of amides is 2. The zero-order valence-corrected chi connectivity index (χ0v) is 17.6. The summed E-state index contributed by atoms with van der Waals surface area (Å²) < 4.78 is 19.1. The van der Waals surface area contributed by atoms with Gasteiger partial charge >= 0.3 is 5.69 Å². The van der Waals surface area contributed by atoms with Crippen molar-refractivity contribution < 1.29 is 28.8 Å². The van der Waals surface area contributed by atoms with Gasteiger partial charge in [0.15, 0.2) is 11.6 Å². The predicted octanol–water partition coefficient (Wildman–Crippen LogP) is 3.57. The molecule has 0 aromatic heterocycles. The maximum absolute atomic E-state index is 13.7. The Kier molecular flexibility index (Phi) is 7.27. The van der Waals surface area contributed by atoms with Gasteiger partial charge in [-0.3, -0.25) is 14.5 Å². The minimum atomic E-state index is -0.687. The first-order chi connectivity index (χ1) is 13.6. The van der Waals surface area contributed by atoms with Gasteiger partial charge in [0.25, 0.3) is 10.8 Å². The van der Waals surface area contributed by atoms with E-state index in [1.807, 2.05) is 0 Å². The van der Waals surface area contributed by atoms with E-state index in [-0.39, 0.29) is 28.7 Å². The van der Waals surface area contributed by atoms with Gasteiger partial charge < -0.3 is 10.1 Å². The molecule has 154 valence electrons. The molecule has 2 amide bonds. The molecule has 0 aliphatic carbocycles. The minimum Gasteiger partial charge on any atom is -0.494 e. The van der Waals surface area contributed by atoms with Crippen molar-refractivity contribution in [2.45, 2.75) is 19.9 Å². The molecule has 2 aromatic rings. The third-order valence-electron chi connectivity index (χ3n) is 3.83. The van der Waals surface area contributed by atoms with Crippen LogP contribution in [-0.2, 0) is 4.79 Å². The topological polar surface area (TPSA) is 99.0 Å². The molecule has 2 rings (SSSR count). The summed E-state index contributed by atoms with van der Waals surface area (Å²) in [6.07, 6.45) is 0. The summed E-state index contributed by atoms with van der Waals surface area (Å²) in [6, 6.07) is 7.57. The Bertz CT molecular complexity index is 951. The average Bonchev–Trinajstić information content (AvgIpc) is 2.65. The molecule has 0 aliphatic rings. The number of anilines is 1. The first-order valence-electron chi connectivity index (χ1n) is 8.54.